The van der Waals surface area contributed by atoms with E-state index in [2.05, 4.69) is 5.32 Å². The van der Waals surface area contributed by atoms with Crippen LogP contribution in [0.1, 0.15) is 48.9 Å². The lowest BCUT2D eigenvalue weighted by molar-refractivity contribution is -0.125. The van der Waals surface area contributed by atoms with Gasteiger partial charge in [-0.1, -0.05) is 36.2 Å². The molecule has 150 valence electrons. The van der Waals surface area contributed by atoms with Gasteiger partial charge in [0.25, 0.3) is 15.9 Å². The van der Waals surface area contributed by atoms with E-state index in [-0.39, 0.29) is 22.4 Å². The number of carbonyl (C=O) groups is 2. The molecule has 1 amide bonds. The van der Waals surface area contributed by atoms with E-state index in [4.69, 9.17) is 9.57 Å². The van der Waals surface area contributed by atoms with E-state index in [1.807, 2.05) is 0 Å². The fourth-order valence-corrected chi connectivity index (χ4v) is 3.96. The molecule has 1 saturated carbocycles. The second kappa shape index (κ2) is 9.82. The van der Waals surface area contributed by atoms with Gasteiger partial charge in [0.1, 0.15) is 0 Å². The fourth-order valence-electron chi connectivity index (χ4n) is 2.94. The van der Waals surface area contributed by atoms with E-state index in [1.165, 1.54) is 51.3 Å². The summed E-state index contributed by atoms with van der Waals surface area (Å²) in [7, 11) is -1.40. The molecular weight excluding hydrogens is 372 g/mol. The molecule has 0 aromatic heterocycles. The topological polar surface area (TPSA) is 102 Å². The summed E-state index contributed by atoms with van der Waals surface area (Å²) in [4.78, 5) is 28.8. The van der Waals surface area contributed by atoms with Crippen LogP contribution in [0.4, 0.5) is 0 Å². The van der Waals surface area contributed by atoms with Crippen LogP contribution in [0.2, 0.25) is 0 Å². The maximum atomic E-state index is 12.2. The summed E-state index contributed by atoms with van der Waals surface area (Å²) in [6, 6.07) is 5.52. The SMILES string of the molecule is CON(C)S(=O)(=O)c1cccc(C(=O)OCC(=O)NC2CCCCCC2)c1. The van der Waals surface area contributed by atoms with Crippen molar-refractivity contribution in [2.45, 2.75) is 49.5 Å². The first-order valence-electron chi connectivity index (χ1n) is 8.94. The highest BCUT2D eigenvalue weighted by Crippen LogP contribution is 2.18. The first-order valence-corrected chi connectivity index (χ1v) is 10.4. The van der Waals surface area contributed by atoms with Crippen molar-refractivity contribution in [3.05, 3.63) is 29.8 Å². The molecule has 0 atom stereocenters. The summed E-state index contributed by atoms with van der Waals surface area (Å²) in [6.07, 6.45) is 6.40. The third-order valence-electron chi connectivity index (χ3n) is 4.52. The van der Waals surface area contributed by atoms with Crippen molar-refractivity contribution < 1.29 is 27.6 Å². The Bertz CT molecular complexity index is 757. The van der Waals surface area contributed by atoms with Crippen molar-refractivity contribution in [3.8, 4) is 0 Å². The largest absolute Gasteiger partial charge is 0.452 e. The molecule has 9 heteroatoms. The molecule has 0 heterocycles. The molecule has 0 spiro atoms. The standard InChI is InChI=1S/C18H26N2O6S/c1-20(25-2)27(23,24)16-11-7-8-14(12-16)18(22)26-13-17(21)19-15-9-5-3-4-6-10-15/h7-8,11-12,15H,3-6,9-10,13H2,1-2H3,(H,19,21). The zero-order chi connectivity index (χ0) is 19.9. The van der Waals surface area contributed by atoms with E-state index >= 15 is 0 Å². The van der Waals surface area contributed by atoms with Crippen molar-refractivity contribution in [2.24, 2.45) is 0 Å². The molecule has 1 fully saturated rings. The number of hydroxylamine groups is 1. The van der Waals surface area contributed by atoms with Gasteiger partial charge in [-0.25, -0.2) is 13.2 Å². The molecule has 2 rings (SSSR count). The first-order chi connectivity index (χ1) is 12.8. The van der Waals surface area contributed by atoms with Crippen molar-refractivity contribution in [1.29, 1.82) is 0 Å². The van der Waals surface area contributed by atoms with Gasteiger partial charge in [-0.05, 0) is 31.0 Å². The Labute approximate surface area is 159 Å². The Morgan fingerprint density at radius 2 is 1.85 bits per heavy atom. The van der Waals surface area contributed by atoms with Crippen LogP contribution in [0.3, 0.4) is 0 Å². The predicted molar refractivity (Wildman–Crippen MR) is 98.3 cm³/mol. The number of esters is 1. The third-order valence-corrected chi connectivity index (χ3v) is 6.19. The molecule has 1 aromatic rings. The van der Waals surface area contributed by atoms with Crippen molar-refractivity contribution >= 4 is 21.9 Å². The van der Waals surface area contributed by atoms with Crippen LogP contribution in [-0.4, -0.2) is 51.6 Å². The number of benzene rings is 1. The van der Waals surface area contributed by atoms with Gasteiger partial charge in [-0.3, -0.25) is 9.63 Å². The normalized spacial score (nSPS) is 16.0. The number of amides is 1. The first kappa shape index (κ1) is 21.3. The summed E-state index contributed by atoms with van der Waals surface area (Å²) in [5.41, 5.74) is 0.0443. The van der Waals surface area contributed by atoms with Crippen LogP contribution in [0, 0.1) is 0 Å². The minimum absolute atomic E-state index is 0.0443. The van der Waals surface area contributed by atoms with Gasteiger partial charge < -0.3 is 10.1 Å². The van der Waals surface area contributed by atoms with Crippen LogP contribution in [0.15, 0.2) is 29.2 Å². The van der Waals surface area contributed by atoms with Gasteiger partial charge in [0.05, 0.1) is 17.6 Å². The maximum Gasteiger partial charge on any atom is 0.338 e. The molecule has 27 heavy (non-hydrogen) atoms. The lowest BCUT2D eigenvalue weighted by atomic mass is 10.1. The van der Waals surface area contributed by atoms with Gasteiger partial charge in [0.15, 0.2) is 6.61 Å². The molecule has 0 bridgehead atoms. The van der Waals surface area contributed by atoms with E-state index in [0.717, 1.165) is 25.7 Å². The Hall–Kier alpha value is -1.97. The molecule has 0 radical (unpaired) electrons. The Morgan fingerprint density at radius 1 is 1.19 bits per heavy atom. The highest BCUT2D eigenvalue weighted by atomic mass is 32.2. The van der Waals surface area contributed by atoms with E-state index < -0.39 is 22.6 Å². The van der Waals surface area contributed by atoms with Gasteiger partial charge in [-0.15, -0.1) is 0 Å². The molecule has 0 unspecified atom stereocenters. The third kappa shape index (κ3) is 6.02. The number of hydrogen-bond donors (Lipinski definition) is 1. The van der Waals surface area contributed by atoms with Crippen LogP contribution in [-0.2, 0) is 24.4 Å². The highest BCUT2D eigenvalue weighted by Gasteiger charge is 2.22. The second-order valence-corrected chi connectivity index (χ2v) is 8.39. The van der Waals surface area contributed by atoms with E-state index in [0.29, 0.717) is 4.47 Å². The smallest absolute Gasteiger partial charge is 0.338 e. The molecule has 1 aliphatic carbocycles. The van der Waals surface area contributed by atoms with Crippen LogP contribution >= 0.6 is 0 Å². The quantitative estimate of drug-likeness (QED) is 0.427. The number of ether oxygens (including phenoxy) is 1. The van der Waals surface area contributed by atoms with Crippen LogP contribution < -0.4 is 5.32 Å². The van der Waals surface area contributed by atoms with Crippen LogP contribution in [0.5, 0.6) is 0 Å². The number of nitrogens with zero attached hydrogens (tertiary/aromatic N) is 1. The lowest BCUT2D eigenvalue weighted by Crippen LogP contribution is -2.37. The number of nitrogens with one attached hydrogen (secondary N) is 1. The average molecular weight is 398 g/mol. The van der Waals surface area contributed by atoms with E-state index in [9.17, 15) is 18.0 Å². The summed E-state index contributed by atoms with van der Waals surface area (Å²) in [5, 5.41) is 2.89. The van der Waals surface area contributed by atoms with Crippen LogP contribution in [0.25, 0.3) is 0 Å². The van der Waals surface area contributed by atoms with Gasteiger partial charge in [0, 0.05) is 13.1 Å². The minimum Gasteiger partial charge on any atom is -0.452 e. The zero-order valence-corrected chi connectivity index (χ0v) is 16.5. The van der Waals surface area contributed by atoms with Crippen molar-refractivity contribution in [1.82, 2.24) is 9.79 Å². The number of hydrogen-bond acceptors (Lipinski definition) is 6. The van der Waals surface area contributed by atoms with E-state index in [1.54, 1.807) is 0 Å². The zero-order valence-electron chi connectivity index (χ0n) is 15.6. The molecule has 8 nitrogen and oxygen atoms in total. The average Bonchev–Trinajstić information content (AvgIpc) is 2.94. The Kier molecular flexibility index (Phi) is 7.76. The highest BCUT2D eigenvalue weighted by molar-refractivity contribution is 7.89. The molecule has 0 saturated heterocycles. The number of sulfonamides is 1. The van der Waals surface area contributed by atoms with Crippen molar-refractivity contribution in [3.63, 3.8) is 0 Å². The number of rotatable bonds is 7. The predicted octanol–water partition coefficient (Wildman–Crippen LogP) is 1.86. The lowest BCUT2D eigenvalue weighted by Gasteiger charge is -2.16. The second-order valence-electron chi connectivity index (χ2n) is 6.46. The Morgan fingerprint density at radius 3 is 2.48 bits per heavy atom. The Balaban J connectivity index is 1.94. The molecular formula is C18H26N2O6S. The monoisotopic (exact) mass is 398 g/mol. The van der Waals surface area contributed by atoms with Gasteiger partial charge in [-0.2, -0.15) is 0 Å². The molecule has 1 aromatic carbocycles. The fraction of sp³-hybridized carbons (Fsp3) is 0.556. The van der Waals surface area contributed by atoms with Gasteiger partial charge in [0.2, 0.25) is 0 Å². The summed E-state index contributed by atoms with van der Waals surface area (Å²) < 4.78 is 30.2. The summed E-state index contributed by atoms with van der Waals surface area (Å²) in [5.74, 6) is -1.11. The number of carbonyl (C=O) groups excluding carboxylic acids is 2. The molecule has 1 N–H and O–H groups in total. The summed E-state index contributed by atoms with van der Waals surface area (Å²) in [6.45, 7) is -0.399. The summed E-state index contributed by atoms with van der Waals surface area (Å²) >= 11 is 0. The van der Waals surface area contributed by atoms with Gasteiger partial charge >= 0.3 is 5.97 Å². The minimum atomic E-state index is -3.87. The maximum absolute atomic E-state index is 12.2. The van der Waals surface area contributed by atoms with Crippen molar-refractivity contribution in [2.75, 3.05) is 20.8 Å². The molecule has 0 aliphatic heterocycles. The molecule has 1 aliphatic rings.